The minimum absolute atomic E-state index is 0.0215. The van der Waals surface area contributed by atoms with Crippen LogP contribution in [0.15, 0.2) is 22.7 Å². The minimum Gasteiger partial charge on any atom is -0.325 e. The van der Waals surface area contributed by atoms with E-state index in [4.69, 9.17) is 0 Å². The summed E-state index contributed by atoms with van der Waals surface area (Å²) in [6, 6.07) is 5.34. The van der Waals surface area contributed by atoms with E-state index < -0.39 is 0 Å². The summed E-state index contributed by atoms with van der Waals surface area (Å²) in [5, 5.41) is 2.84. The van der Waals surface area contributed by atoms with Crippen LogP contribution < -0.4 is 5.32 Å². The van der Waals surface area contributed by atoms with E-state index in [2.05, 4.69) is 21.2 Å². The van der Waals surface area contributed by atoms with Crippen LogP contribution in [0.1, 0.15) is 36.5 Å². The van der Waals surface area contributed by atoms with E-state index >= 15 is 0 Å². The molecule has 17 heavy (non-hydrogen) atoms. The first kappa shape index (κ1) is 12.3. The molecule has 0 heterocycles. The van der Waals surface area contributed by atoms with Crippen LogP contribution in [-0.2, 0) is 4.79 Å². The molecule has 1 aromatic carbocycles. The number of carbonyl (C=O) groups is 2. The summed E-state index contributed by atoms with van der Waals surface area (Å²) in [4.78, 5) is 23.5. The number of amides is 1. The van der Waals surface area contributed by atoms with Crippen molar-refractivity contribution in [1.82, 2.24) is 0 Å². The lowest BCUT2D eigenvalue weighted by molar-refractivity contribution is -0.117. The van der Waals surface area contributed by atoms with Gasteiger partial charge in [-0.2, -0.15) is 0 Å². The van der Waals surface area contributed by atoms with Crippen molar-refractivity contribution in [1.29, 1.82) is 0 Å². The number of hydrogen-bond acceptors (Lipinski definition) is 2. The fourth-order valence-electron chi connectivity index (χ4n) is 1.63. The molecule has 1 fully saturated rings. The molecule has 90 valence electrons. The van der Waals surface area contributed by atoms with Crippen LogP contribution in [0.4, 0.5) is 5.69 Å². The predicted octanol–water partition coefficient (Wildman–Crippen LogP) is 3.39. The molecule has 1 saturated carbocycles. The Morgan fingerprint density at radius 2 is 2.12 bits per heavy atom. The molecule has 0 spiro atoms. The van der Waals surface area contributed by atoms with E-state index in [0.717, 1.165) is 17.3 Å². The molecule has 4 heteroatoms. The summed E-state index contributed by atoms with van der Waals surface area (Å²) >= 11 is 3.35. The Morgan fingerprint density at radius 1 is 1.41 bits per heavy atom. The molecule has 1 amide bonds. The van der Waals surface area contributed by atoms with Crippen LogP contribution in [0.3, 0.4) is 0 Å². The predicted molar refractivity (Wildman–Crippen MR) is 70.1 cm³/mol. The van der Waals surface area contributed by atoms with Crippen LogP contribution in [0, 0.1) is 5.92 Å². The van der Waals surface area contributed by atoms with Crippen molar-refractivity contribution in [3.05, 3.63) is 28.2 Å². The van der Waals surface area contributed by atoms with E-state index in [1.165, 1.54) is 0 Å². The van der Waals surface area contributed by atoms with Gasteiger partial charge in [-0.15, -0.1) is 0 Å². The van der Waals surface area contributed by atoms with Gasteiger partial charge in [-0.05, 0) is 31.0 Å². The number of halogens is 1. The van der Waals surface area contributed by atoms with Crippen molar-refractivity contribution in [3.8, 4) is 0 Å². The van der Waals surface area contributed by atoms with E-state index in [1.54, 1.807) is 12.1 Å². The van der Waals surface area contributed by atoms with Gasteiger partial charge < -0.3 is 5.32 Å². The molecule has 2 rings (SSSR count). The Labute approximate surface area is 109 Å². The zero-order valence-electron chi connectivity index (χ0n) is 9.63. The van der Waals surface area contributed by atoms with Crippen molar-refractivity contribution >= 4 is 33.3 Å². The lowest BCUT2D eigenvalue weighted by Crippen LogP contribution is -2.16. The van der Waals surface area contributed by atoms with E-state index in [1.807, 2.05) is 13.0 Å². The first-order valence-corrected chi connectivity index (χ1v) is 6.54. The summed E-state index contributed by atoms with van der Waals surface area (Å²) in [7, 11) is 0. The molecule has 0 unspecified atom stereocenters. The summed E-state index contributed by atoms with van der Waals surface area (Å²) in [5.74, 6) is 0.204. The Balaban J connectivity index is 2.25. The summed E-state index contributed by atoms with van der Waals surface area (Å²) in [6.07, 6.45) is 2.35. The van der Waals surface area contributed by atoms with Gasteiger partial charge in [0, 0.05) is 22.4 Å². The molecule has 1 aliphatic rings. The smallest absolute Gasteiger partial charge is 0.227 e. The van der Waals surface area contributed by atoms with Crippen molar-refractivity contribution < 1.29 is 9.59 Å². The zero-order valence-corrected chi connectivity index (χ0v) is 11.2. The number of anilines is 1. The van der Waals surface area contributed by atoms with Crippen molar-refractivity contribution in [2.24, 2.45) is 5.92 Å². The maximum atomic E-state index is 11.7. The molecule has 0 saturated heterocycles. The third-order valence-corrected chi connectivity index (χ3v) is 3.30. The van der Waals surface area contributed by atoms with E-state index in [-0.39, 0.29) is 17.6 Å². The maximum Gasteiger partial charge on any atom is 0.227 e. The quantitative estimate of drug-likeness (QED) is 0.866. The van der Waals surface area contributed by atoms with Gasteiger partial charge in [0.25, 0.3) is 0 Å². The fourth-order valence-corrected chi connectivity index (χ4v) is 1.99. The maximum absolute atomic E-state index is 11.7. The third-order valence-electron chi connectivity index (χ3n) is 2.81. The highest BCUT2D eigenvalue weighted by Crippen LogP contribution is 2.31. The molecule has 0 aliphatic heterocycles. The topological polar surface area (TPSA) is 46.2 Å². The summed E-state index contributed by atoms with van der Waals surface area (Å²) in [5.41, 5.74) is 1.20. The van der Waals surface area contributed by atoms with Gasteiger partial charge in [0.15, 0.2) is 5.78 Å². The number of nitrogens with one attached hydrogen (secondary N) is 1. The molecule has 0 aromatic heterocycles. The molecule has 1 aromatic rings. The number of Topliss-reactive ketones (excluding diaryl/α,β-unsaturated/α-hetero) is 1. The molecule has 3 nitrogen and oxygen atoms in total. The van der Waals surface area contributed by atoms with E-state index in [9.17, 15) is 9.59 Å². The van der Waals surface area contributed by atoms with Gasteiger partial charge in [-0.1, -0.05) is 22.9 Å². The highest BCUT2D eigenvalue weighted by atomic mass is 79.9. The first-order chi connectivity index (χ1) is 8.11. The van der Waals surface area contributed by atoms with Gasteiger partial charge in [-0.25, -0.2) is 0 Å². The van der Waals surface area contributed by atoms with Gasteiger partial charge >= 0.3 is 0 Å². The van der Waals surface area contributed by atoms with Crippen molar-refractivity contribution in [2.45, 2.75) is 26.2 Å². The normalized spacial score (nSPS) is 14.5. The lowest BCUT2D eigenvalue weighted by atomic mass is 10.1. The summed E-state index contributed by atoms with van der Waals surface area (Å²) < 4.78 is 0.858. The van der Waals surface area contributed by atoms with Gasteiger partial charge in [0.1, 0.15) is 0 Å². The third kappa shape index (κ3) is 2.94. The largest absolute Gasteiger partial charge is 0.325 e. The van der Waals surface area contributed by atoms with Crippen LogP contribution in [0.5, 0.6) is 0 Å². The molecule has 0 bridgehead atoms. The average Bonchev–Trinajstić information content (AvgIpc) is 3.12. The lowest BCUT2D eigenvalue weighted by Gasteiger charge is -2.10. The molecule has 1 aliphatic carbocycles. The Morgan fingerprint density at radius 3 is 2.71 bits per heavy atom. The van der Waals surface area contributed by atoms with Crippen molar-refractivity contribution in [2.75, 3.05) is 5.32 Å². The van der Waals surface area contributed by atoms with Crippen molar-refractivity contribution in [3.63, 3.8) is 0 Å². The van der Waals surface area contributed by atoms with Gasteiger partial charge in [0.2, 0.25) is 5.91 Å². The highest BCUT2D eigenvalue weighted by Gasteiger charge is 2.30. The second kappa shape index (κ2) is 5.00. The van der Waals surface area contributed by atoms with Crippen LogP contribution in [0.25, 0.3) is 0 Å². The van der Waals surface area contributed by atoms with Crippen LogP contribution in [0.2, 0.25) is 0 Å². The standard InChI is InChI=1S/C13H14BrNO2/c1-2-12(16)10-6-5-9(14)7-11(10)15-13(17)8-3-4-8/h5-8H,2-4H2,1H3,(H,15,17). The van der Waals surface area contributed by atoms with E-state index in [0.29, 0.717) is 17.7 Å². The fraction of sp³-hybridized carbons (Fsp3) is 0.385. The summed E-state index contributed by atoms with van der Waals surface area (Å²) in [6.45, 7) is 1.82. The minimum atomic E-state index is 0.0215. The molecule has 0 radical (unpaired) electrons. The second-order valence-corrected chi connectivity index (χ2v) is 5.15. The van der Waals surface area contributed by atoms with Crippen LogP contribution >= 0.6 is 15.9 Å². The number of benzene rings is 1. The molecule has 1 N–H and O–H groups in total. The van der Waals surface area contributed by atoms with Crippen LogP contribution in [-0.4, -0.2) is 11.7 Å². The second-order valence-electron chi connectivity index (χ2n) is 4.23. The number of carbonyl (C=O) groups excluding carboxylic acids is 2. The van der Waals surface area contributed by atoms with Gasteiger partial charge in [0.05, 0.1) is 5.69 Å². The first-order valence-electron chi connectivity index (χ1n) is 5.75. The SMILES string of the molecule is CCC(=O)c1ccc(Br)cc1NC(=O)C1CC1. The highest BCUT2D eigenvalue weighted by molar-refractivity contribution is 9.10. The molecular weight excluding hydrogens is 282 g/mol. The Kier molecular flexibility index (Phi) is 3.62. The Bertz CT molecular complexity index is 466. The number of ketones is 1. The molecule has 0 atom stereocenters. The number of hydrogen-bond donors (Lipinski definition) is 1. The Hall–Kier alpha value is -1.16. The zero-order chi connectivity index (χ0) is 12.4. The average molecular weight is 296 g/mol. The molecular formula is C13H14BrNO2. The number of rotatable bonds is 4. The monoisotopic (exact) mass is 295 g/mol. The van der Waals surface area contributed by atoms with Gasteiger partial charge in [-0.3, -0.25) is 9.59 Å².